The lowest BCUT2D eigenvalue weighted by molar-refractivity contribution is 0.182. The van der Waals surface area contributed by atoms with Crippen molar-refractivity contribution in [1.82, 2.24) is 18.8 Å². The van der Waals surface area contributed by atoms with Crippen LogP contribution in [-0.2, 0) is 16.6 Å². The molecule has 0 radical (unpaired) electrons. The third kappa shape index (κ3) is 4.34. The number of ether oxygens (including phenoxy) is 1. The second-order valence-electron chi connectivity index (χ2n) is 7.03. The molecule has 1 fully saturated rings. The second-order valence-corrected chi connectivity index (χ2v) is 8.94. The number of methoxy groups -OCH3 is 1. The SMILES string of the molecule is COc1ccccc1S(=O)(=O)N1CCN(CCn2ccnc2C(C)C)CC1. The van der Waals surface area contributed by atoms with Crippen LogP contribution in [-0.4, -0.2) is 67.0 Å². The molecule has 1 saturated heterocycles. The standard InChI is InChI=1S/C19H28N4O3S/c1-16(2)19-20-8-9-22(19)13-10-21-11-14-23(15-12-21)27(24,25)18-7-5-4-6-17(18)26-3/h4-9,16H,10-15H2,1-3H3. The zero-order valence-corrected chi connectivity index (χ0v) is 17.0. The van der Waals surface area contributed by atoms with Gasteiger partial charge in [-0.15, -0.1) is 0 Å². The summed E-state index contributed by atoms with van der Waals surface area (Å²) in [7, 11) is -2.04. The van der Waals surface area contributed by atoms with Crippen molar-refractivity contribution in [2.24, 2.45) is 0 Å². The smallest absolute Gasteiger partial charge is 0.246 e. The van der Waals surface area contributed by atoms with Crippen LogP contribution in [0.15, 0.2) is 41.6 Å². The van der Waals surface area contributed by atoms with Gasteiger partial charge in [0.15, 0.2) is 0 Å². The maximum absolute atomic E-state index is 13.0. The highest BCUT2D eigenvalue weighted by Gasteiger charge is 2.30. The molecular formula is C19H28N4O3S. The Morgan fingerprint density at radius 3 is 2.48 bits per heavy atom. The van der Waals surface area contributed by atoms with Crippen LogP contribution in [0.2, 0.25) is 0 Å². The molecular weight excluding hydrogens is 364 g/mol. The summed E-state index contributed by atoms with van der Waals surface area (Å²) >= 11 is 0. The van der Waals surface area contributed by atoms with Crippen molar-refractivity contribution in [2.75, 3.05) is 39.8 Å². The van der Waals surface area contributed by atoms with E-state index in [0.717, 1.165) is 32.0 Å². The van der Waals surface area contributed by atoms with Crippen molar-refractivity contribution >= 4 is 10.0 Å². The highest BCUT2D eigenvalue weighted by atomic mass is 32.2. The zero-order valence-electron chi connectivity index (χ0n) is 16.2. The molecule has 0 amide bonds. The summed E-state index contributed by atoms with van der Waals surface area (Å²) < 4.78 is 34.9. The van der Waals surface area contributed by atoms with E-state index in [2.05, 4.69) is 28.3 Å². The number of sulfonamides is 1. The van der Waals surface area contributed by atoms with E-state index >= 15 is 0 Å². The van der Waals surface area contributed by atoms with Crippen LogP contribution in [0, 0.1) is 0 Å². The summed E-state index contributed by atoms with van der Waals surface area (Å²) in [5.41, 5.74) is 0. The fourth-order valence-electron chi connectivity index (χ4n) is 3.42. The molecule has 1 aromatic heterocycles. The van der Waals surface area contributed by atoms with E-state index < -0.39 is 10.0 Å². The van der Waals surface area contributed by atoms with Crippen LogP contribution < -0.4 is 4.74 Å². The van der Waals surface area contributed by atoms with Crippen LogP contribution >= 0.6 is 0 Å². The fourth-order valence-corrected chi connectivity index (χ4v) is 5.00. The molecule has 0 unspecified atom stereocenters. The molecule has 8 heteroatoms. The number of nitrogens with zero attached hydrogens (tertiary/aromatic N) is 4. The molecule has 1 aliphatic rings. The summed E-state index contributed by atoms with van der Waals surface area (Å²) in [4.78, 5) is 6.96. The Hall–Kier alpha value is -1.90. The van der Waals surface area contributed by atoms with Gasteiger partial charge >= 0.3 is 0 Å². The van der Waals surface area contributed by atoms with Crippen molar-refractivity contribution in [3.05, 3.63) is 42.5 Å². The third-order valence-electron chi connectivity index (χ3n) is 4.94. The molecule has 0 spiro atoms. The van der Waals surface area contributed by atoms with E-state index in [1.54, 1.807) is 28.6 Å². The zero-order chi connectivity index (χ0) is 19.4. The van der Waals surface area contributed by atoms with Crippen LogP contribution in [0.3, 0.4) is 0 Å². The number of aromatic nitrogens is 2. The predicted octanol–water partition coefficient (Wildman–Crippen LogP) is 2.02. The molecule has 7 nitrogen and oxygen atoms in total. The number of para-hydroxylation sites is 1. The quantitative estimate of drug-likeness (QED) is 0.721. The Kier molecular flexibility index (Phi) is 6.18. The molecule has 0 bridgehead atoms. The summed E-state index contributed by atoms with van der Waals surface area (Å²) in [6.07, 6.45) is 3.85. The maximum atomic E-state index is 13.0. The van der Waals surface area contributed by atoms with Gasteiger partial charge in [0.2, 0.25) is 10.0 Å². The van der Waals surface area contributed by atoms with Crippen LogP contribution in [0.1, 0.15) is 25.6 Å². The van der Waals surface area contributed by atoms with E-state index in [1.165, 1.54) is 7.11 Å². The molecule has 0 aliphatic carbocycles. The van der Waals surface area contributed by atoms with Gasteiger partial charge in [-0.3, -0.25) is 4.90 Å². The van der Waals surface area contributed by atoms with Crippen molar-refractivity contribution in [1.29, 1.82) is 0 Å². The van der Waals surface area contributed by atoms with E-state index in [-0.39, 0.29) is 4.90 Å². The average molecular weight is 393 g/mol. The maximum Gasteiger partial charge on any atom is 0.246 e. The lowest BCUT2D eigenvalue weighted by Gasteiger charge is -2.34. The van der Waals surface area contributed by atoms with Gasteiger partial charge in [-0.2, -0.15) is 4.31 Å². The Bertz CT molecular complexity index is 855. The van der Waals surface area contributed by atoms with Crippen LogP contribution in [0.4, 0.5) is 0 Å². The Morgan fingerprint density at radius 1 is 1.11 bits per heavy atom. The third-order valence-corrected chi connectivity index (χ3v) is 6.88. The Labute approximate surface area is 161 Å². The van der Waals surface area contributed by atoms with Gasteiger partial charge in [0, 0.05) is 57.6 Å². The first kappa shape index (κ1) is 19.9. The number of imidazole rings is 1. The number of hydrogen-bond donors (Lipinski definition) is 0. The molecule has 1 aliphatic heterocycles. The van der Waals surface area contributed by atoms with Gasteiger partial charge in [-0.1, -0.05) is 26.0 Å². The normalized spacial score (nSPS) is 16.7. The minimum absolute atomic E-state index is 0.237. The van der Waals surface area contributed by atoms with Gasteiger partial charge in [0.05, 0.1) is 7.11 Å². The average Bonchev–Trinajstić information content (AvgIpc) is 3.15. The monoisotopic (exact) mass is 392 g/mol. The number of benzene rings is 1. The van der Waals surface area contributed by atoms with E-state index in [0.29, 0.717) is 24.8 Å². The molecule has 2 aromatic rings. The summed E-state index contributed by atoms with van der Waals surface area (Å²) in [6, 6.07) is 6.79. The van der Waals surface area contributed by atoms with E-state index in [1.807, 2.05) is 12.4 Å². The first-order valence-electron chi connectivity index (χ1n) is 9.30. The summed E-state index contributed by atoms with van der Waals surface area (Å²) in [6.45, 7) is 8.45. The Morgan fingerprint density at radius 2 is 1.81 bits per heavy atom. The van der Waals surface area contributed by atoms with E-state index in [9.17, 15) is 8.42 Å². The lowest BCUT2D eigenvalue weighted by Crippen LogP contribution is -2.49. The summed E-state index contributed by atoms with van der Waals surface area (Å²) in [5, 5.41) is 0. The van der Waals surface area contributed by atoms with Crippen molar-refractivity contribution in [2.45, 2.75) is 31.2 Å². The highest BCUT2D eigenvalue weighted by molar-refractivity contribution is 7.89. The molecule has 2 heterocycles. The highest BCUT2D eigenvalue weighted by Crippen LogP contribution is 2.26. The molecule has 0 N–H and O–H groups in total. The fraction of sp³-hybridized carbons (Fsp3) is 0.526. The molecule has 0 saturated carbocycles. The molecule has 3 rings (SSSR count). The number of rotatable bonds is 7. The van der Waals surface area contributed by atoms with Crippen molar-refractivity contribution < 1.29 is 13.2 Å². The lowest BCUT2D eigenvalue weighted by atomic mass is 10.2. The van der Waals surface area contributed by atoms with Gasteiger partial charge < -0.3 is 9.30 Å². The molecule has 1 aromatic carbocycles. The Balaban J connectivity index is 1.59. The molecule has 0 atom stereocenters. The first-order valence-corrected chi connectivity index (χ1v) is 10.7. The van der Waals surface area contributed by atoms with Crippen molar-refractivity contribution in [3.8, 4) is 5.75 Å². The van der Waals surface area contributed by atoms with Crippen molar-refractivity contribution in [3.63, 3.8) is 0 Å². The van der Waals surface area contributed by atoms with Crippen LogP contribution in [0.25, 0.3) is 0 Å². The summed E-state index contributed by atoms with van der Waals surface area (Å²) in [5.74, 6) is 1.87. The number of piperazine rings is 1. The van der Waals surface area contributed by atoms with Gasteiger partial charge in [0.25, 0.3) is 0 Å². The van der Waals surface area contributed by atoms with Gasteiger partial charge in [-0.25, -0.2) is 13.4 Å². The largest absolute Gasteiger partial charge is 0.495 e. The predicted molar refractivity (Wildman–Crippen MR) is 105 cm³/mol. The first-order chi connectivity index (χ1) is 12.9. The minimum Gasteiger partial charge on any atom is -0.495 e. The molecule has 27 heavy (non-hydrogen) atoms. The topological polar surface area (TPSA) is 67.7 Å². The van der Waals surface area contributed by atoms with Crippen LogP contribution in [0.5, 0.6) is 5.75 Å². The van der Waals surface area contributed by atoms with Gasteiger partial charge in [0.1, 0.15) is 16.5 Å². The van der Waals surface area contributed by atoms with E-state index in [4.69, 9.17) is 4.74 Å². The number of hydrogen-bond acceptors (Lipinski definition) is 5. The van der Waals surface area contributed by atoms with Gasteiger partial charge in [-0.05, 0) is 12.1 Å². The second kappa shape index (κ2) is 8.41. The minimum atomic E-state index is -3.54. The molecule has 148 valence electrons.